The Hall–Kier alpha value is -3.47. The summed E-state index contributed by atoms with van der Waals surface area (Å²) in [4.78, 5) is 13.0. The molecule has 0 saturated carbocycles. The second-order valence-electron chi connectivity index (χ2n) is 18.6. The quantitative estimate of drug-likeness (QED) is 0.0487. The summed E-state index contributed by atoms with van der Waals surface area (Å²) in [6.07, 6.45) is 19.1. The fraction of sp³-hybridized carbons (Fsp3) is 0.537. The van der Waals surface area contributed by atoms with Gasteiger partial charge in [0.1, 0.15) is 11.8 Å². The minimum Gasteiger partial charge on any atom is -0.550 e. The van der Waals surface area contributed by atoms with Crippen LogP contribution in [0.25, 0.3) is 0 Å². The molecular formula is C54H74I2N2O8. The number of fused-ring (bicyclic) bond motifs is 2. The van der Waals surface area contributed by atoms with Crippen LogP contribution in [0.2, 0.25) is 0 Å². The number of hydrogen-bond donors (Lipinski definition) is 0. The monoisotopic (exact) mass is 1130 g/mol. The van der Waals surface area contributed by atoms with Gasteiger partial charge < -0.3 is 42.8 Å². The van der Waals surface area contributed by atoms with Crippen LogP contribution in [0.4, 0.5) is 0 Å². The van der Waals surface area contributed by atoms with Crippen molar-refractivity contribution in [3.63, 3.8) is 0 Å². The first-order valence-corrected chi connectivity index (χ1v) is 24.0. The zero-order valence-corrected chi connectivity index (χ0v) is 44.9. The molecule has 6 bridgehead atoms. The van der Waals surface area contributed by atoms with E-state index in [1.165, 1.54) is 86.5 Å². The Bertz CT molecular complexity index is 2180. The number of carboxylic acids is 1. The zero-order chi connectivity index (χ0) is 45.1. The largest absolute Gasteiger partial charge is 0.550 e. The summed E-state index contributed by atoms with van der Waals surface area (Å²) in [6.45, 7) is 3.05. The molecule has 0 aliphatic carbocycles. The Morgan fingerprint density at radius 1 is 0.667 bits per heavy atom. The van der Waals surface area contributed by atoms with Crippen LogP contribution in [0.5, 0.6) is 46.0 Å². The Morgan fingerprint density at radius 3 is 1.88 bits per heavy atom. The molecule has 0 aromatic heterocycles. The Balaban J connectivity index is 0.00000408. The van der Waals surface area contributed by atoms with Crippen LogP contribution in [-0.2, 0) is 30.5 Å². The highest BCUT2D eigenvalue weighted by atomic mass is 127. The van der Waals surface area contributed by atoms with E-state index in [9.17, 15) is 9.90 Å². The van der Waals surface area contributed by atoms with Crippen molar-refractivity contribution in [3.05, 3.63) is 94.0 Å². The smallest absolute Gasteiger partial charge is 0.204 e. The lowest BCUT2D eigenvalue weighted by Crippen LogP contribution is -2.52. The molecule has 66 heavy (non-hydrogen) atoms. The van der Waals surface area contributed by atoms with E-state index in [-0.39, 0.29) is 66.5 Å². The first-order valence-electron chi connectivity index (χ1n) is 24.0. The number of methoxy groups -OCH3 is 4. The highest BCUT2D eigenvalue weighted by Gasteiger charge is 2.40. The van der Waals surface area contributed by atoms with Crippen molar-refractivity contribution in [3.8, 4) is 46.0 Å². The number of aliphatic carboxylic acids is 1. The third kappa shape index (κ3) is 13.2. The van der Waals surface area contributed by atoms with Gasteiger partial charge in [-0.2, -0.15) is 0 Å². The predicted molar refractivity (Wildman–Crippen MR) is 281 cm³/mol. The van der Waals surface area contributed by atoms with Gasteiger partial charge in [-0.05, 0) is 110 Å². The van der Waals surface area contributed by atoms with Crippen LogP contribution in [0.1, 0.15) is 135 Å². The fourth-order valence-electron chi connectivity index (χ4n) is 10.5. The molecule has 0 spiro atoms. The average Bonchev–Trinajstić information content (AvgIpc) is 3.29. The average molecular weight is 1130 g/mol. The van der Waals surface area contributed by atoms with Gasteiger partial charge in [-0.15, -0.1) is 48.0 Å². The van der Waals surface area contributed by atoms with Crippen molar-refractivity contribution in [2.45, 2.75) is 128 Å². The SMILES string of the molecule is COc1ccc2cc1Oc1ccc(cc1)CC1c3cc(c(OC)cc3CC[N+]1(C)CCCCCCCCCCCCCCCC(=O)[O-])Oc1c(OC)c(OC)cc3c1C(C2)N(C)CC3.I.I. The van der Waals surface area contributed by atoms with E-state index in [0.29, 0.717) is 40.9 Å². The van der Waals surface area contributed by atoms with Crippen LogP contribution in [0.3, 0.4) is 0 Å². The lowest BCUT2D eigenvalue weighted by atomic mass is 9.85. The predicted octanol–water partition coefficient (Wildman–Crippen LogP) is 12.1. The molecule has 10 nitrogen and oxygen atoms in total. The molecule has 362 valence electrons. The fourth-order valence-corrected chi connectivity index (χ4v) is 10.5. The minimum absolute atomic E-state index is 0. The third-order valence-electron chi connectivity index (χ3n) is 14.3. The number of rotatable bonds is 20. The number of ether oxygens (including phenoxy) is 6. The number of benzene rings is 4. The molecule has 3 atom stereocenters. The van der Waals surface area contributed by atoms with Crippen LogP contribution < -0.4 is 33.5 Å². The molecule has 4 heterocycles. The van der Waals surface area contributed by atoms with E-state index in [1.54, 1.807) is 28.4 Å². The van der Waals surface area contributed by atoms with Crippen LogP contribution in [0, 0.1) is 0 Å². The normalized spacial score (nSPS) is 18.5. The summed E-state index contributed by atoms with van der Waals surface area (Å²) in [7, 11) is 11.5. The van der Waals surface area contributed by atoms with Gasteiger partial charge in [0.15, 0.2) is 34.5 Å². The number of likely N-dealkylation sites (N-methyl/N-ethyl adjacent to an activating group) is 2. The second kappa shape index (κ2) is 25.8. The standard InChI is InChI=1S/C54H72N2O8.2HI/c1-55-29-27-41-36-50(61-5)53(62-6)54-52(41)44(55)32-39-23-26-46(59-3)48(34-39)63-42-24-21-38(22-25-42)33-45-43-37-49(64-54)47(60-4)35-40(43)28-31-56(45,2)30-19-17-15-13-11-9-7-8-10-12-14-16-18-20-51(57)58;;/h21-26,34-37,44-45H,7-20,27-33H2,1-6H3;2*1H. The summed E-state index contributed by atoms with van der Waals surface area (Å²) >= 11 is 0. The maximum Gasteiger partial charge on any atom is 0.204 e. The number of hydrogen-bond acceptors (Lipinski definition) is 9. The second-order valence-corrected chi connectivity index (χ2v) is 18.6. The summed E-state index contributed by atoms with van der Waals surface area (Å²) in [5, 5.41) is 10.6. The molecule has 12 heteroatoms. The Kier molecular flexibility index (Phi) is 20.9. The van der Waals surface area contributed by atoms with Crippen molar-refractivity contribution < 1.29 is 42.8 Å². The number of nitrogens with zero attached hydrogens (tertiary/aromatic N) is 2. The number of unbranched alkanes of at least 4 members (excludes halogenated alkanes) is 12. The van der Waals surface area contributed by atoms with Gasteiger partial charge in [-0.25, -0.2) is 0 Å². The van der Waals surface area contributed by atoms with Crippen LogP contribution in [-0.4, -0.2) is 77.5 Å². The van der Waals surface area contributed by atoms with E-state index < -0.39 is 5.97 Å². The van der Waals surface area contributed by atoms with Crippen molar-refractivity contribution >= 4 is 53.9 Å². The van der Waals surface area contributed by atoms with E-state index in [2.05, 4.69) is 73.6 Å². The maximum absolute atomic E-state index is 10.6. The molecule has 0 N–H and O–H groups in total. The molecule has 4 aromatic carbocycles. The van der Waals surface area contributed by atoms with Crippen LogP contribution in [0.15, 0.2) is 60.7 Å². The van der Waals surface area contributed by atoms with Gasteiger partial charge in [0, 0.05) is 42.5 Å². The summed E-state index contributed by atoms with van der Waals surface area (Å²) in [6, 6.07) is 21.7. The minimum atomic E-state index is -0.927. The first kappa shape index (κ1) is 53.5. The lowest BCUT2D eigenvalue weighted by Gasteiger charge is -2.46. The van der Waals surface area contributed by atoms with Gasteiger partial charge in [0.2, 0.25) is 5.75 Å². The molecule has 3 unspecified atom stereocenters. The number of quaternary nitrogens is 1. The number of carboxylic acid groups (broad SMARTS) is 1. The Morgan fingerprint density at radius 2 is 1.26 bits per heavy atom. The summed E-state index contributed by atoms with van der Waals surface area (Å²) in [5.41, 5.74) is 7.29. The van der Waals surface area contributed by atoms with Crippen molar-refractivity contribution in [2.24, 2.45) is 0 Å². The molecule has 4 aliphatic heterocycles. The molecule has 4 aromatic rings. The van der Waals surface area contributed by atoms with Gasteiger partial charge in [-0.3, -0.25) is 4.90 Å². The molecular weight excluding hydrogens is 1060 g/mol. The van der Waals surface area contributed by atoms with E-state index in [4.69, 9.17) is 28.4 Å². The van der Waals surface area contributed by atoms with E-state index in [0.717, 1.165) is 85.3 Å². The summed E-state index contributed by atoms with van der Waals surface area (Å²) in [5.74, 6) is 4.53. The van der Waals surface area contributed by atoms with Gasteiger partial charge in [0.25, 0.3) is 0 Å². The van der Waals surface area contributed by atoms with E-state index in [1.807, 2.05) is 6.07 Å². The van der Waals surface area contributed by atoms with Crippen LogP contribution >= 0.6 is 48.0 Å². The Labute approximate surface area is 428 Å². The molecule has 0 radical (unpaired) electrons. The van der Waals surface area contributed by atoms with Crippen molar-refractivity contribution in [2.75, 3.05) is 62.2 Å². The first-order chi connectivity index (χ1) is 31.1. The van der Waals surface area contributed by atoms with Gasteiger partial charge in [-0.1, -0.05) is 82.4 Å². The van der Waals surface area contributed by atoms with E-state index >= 15 is 0 Å². The lowest BCUT2D eigenvalue weighted by molar-refractivity contribution is -0.941. The topological polar surface area (TPSA) is 98.8 Å². The number of halogens is 2. The zero-order valence-electron chi connectivity index (χ0n) is 40.3. The van der Waals surface area contributed by atoms with Crippen molar-refractivity contribution in [1.29, 1.82) is 0 Å². The molecule has 0 saturated heterocycles. The highest BCUT2D eigenvalue weighted by molar-refractivity contribution is 14.0. The molecule has 4 aliphatic rings. The van der Waals surface area contributed by atoms with Gasteiger partial charge in [0.05, 0.1) is 48.6 Å². The third-order valence-corrected chi connectivity index (χ3v) is 14.3. The molecule has 8 rings (SSSR count). The summed E-state index contributed by atoms with van der Waals surface area (Å²) < 4.78 is 38.9. The highest BCUT2D eigenvalue weighted by Crippen LogP contribution is 2.52. The number of carbonyl (C=O) groups excluding carboxylic acids is 1. The molecule has 0 fully saturated rings. The number of carbonyl (C=O) groups is 1. The van der Waals surface area contributed by atoms with Gasteiger partial charge >= 0.3 is 0 Å². The van der Waals surface area contributed by atoms with Crippen molar-refractivity contribution in [1.82, 2.24) is 4.90 Å². The molecule has 0 amide bonds. The maximum atomic E-state index is 10.6.